The zero-order valence-electron chi connectivity index (χ0n) is 37.0. The zero-order valence-corrected chi connectivity index (χ0v) is 69.7. The Bertz CT molecular complexity index is 3390. The Morgan fingerprint density at radius 1 is 0.411 bits per heavy atom. The molecule has 1 heterocycles. The summed E-state index contributed by atoms with van der Waals surface area (Å²) in [5, 5.41) is 19.4. The van der Waals surface area contributed by atoms with Crippen molar-refractivity contribution >= 4 is 376 Å². The molecule has 0 fully saturated rings. The van der Waals surface area contributed by atoms with Gasteiger partial charge in [0.2, 0.25) is 0 Å². The van der Waals surface area contributed by atoms with Crippen LogP contribution in [0, 0.1) is 0 Å². The first-order chi connectivity index (χ1) is 34.8. The van der Waals surface area contributed by atoms with Crippen LogP contribution in [0.25, 0.3) is 0 Å². The monoisotopic (exact) mass is 1730 g/mol. The van der Waals surface area contributed by atoms with Crippen molar-refractivity contribution in [2.45, 2.75) is 88.2 Å². The van der Waals surface area contributed by atoms with Crippen LogP contribution in [0.4, 0.5) is 0 Å². The van der Waals surface area contributed by atoms with E-state index in [1.807, 2.05) is 76.2 Å². The number of hydrogen-bond acceptors (Lipinski definition) is 12. The Morgan fingerprint density at radius 2 is 0.671 bits per heavy atom. The first-order valence-corrected chi connectivity index (χ1v) is 66.6. The van der Waals surface area contributed by atoms with Gasteiger partial charge in [-0.2, -0.15) is 12.6 Å². The largest absolute Gasteiger partial charge is 0.392 e. The number of pyridine rings is 1. The first kappa shape index (κ1) is 84.2. The van der Waals surface area contributed by atoms with E-state index in [0.29, 0.717) is 4.75 Å². The SMILES string of the molecule is C.CC(C)(C)S.CC(C)(C)SSCc1ccccc1CO.OCc1ccccc1CSSc1ccccn1.S=S=S=S=S=S=S=S=S=S=S=S=S=S=S=S=S.S=S=S=S=S=S=S=S=S=S=S=S=S=S=S=S=S=S. The third-order valence-corrected chi connectivity index (χ3v) is 74.8. The minimum atomic E-state index is 0. The smallest absolute Gasteiger partial charge is 0.106 e. The van der Waals surface area contributed by atoms with E-state index in [0.717, 1.165) is 27.7 Å². The van der Waals surface area contributed by atoms with E-state index in [1.54, 1.807) is 268 Å². The highest BCUT2D eigenvalue weighted by molar-refractivity contribution is 8.79. The number of aromatic nitrogens is 1. The predicted octanol–water partition coefficient (Wildman–Crippen LogP) is 9.64. The minimum Gasteiger partial charge on any atom is -0.392 e. The maximum absolute atomic E-state index is 9.21. The number of hydrogen-bond donors (Lipinski definition) is 3. The van der Waals surface area contributed by atoms with Crippen LogP contribution in [0.15, 0.2) is 78.0 Å². The third-order valence-electron chi connectivity index (χ3n) is 4.90. The predicted molar refractivity (Wildman–Crippen MR) is 438 cm³/mol. The minimum absolute atomic E-state index is 0. The van der Waals surface area contributed by atoms with Gasteiger partial charge in [-0.05, 0) is 45.2 Å². The molecule has 0 saturated heterocycles. The van der Waals surface area contributed by atoms with Crippen LogP contribution in [-0.2, 0) is 345 Å². The van der Waals surface area contributed by atoms with Crippen LogP contribution in [0.3, 0.4) is 0 Å². The quantitative estimate of drug-likeness (QED) is 0.142. The van der Waals surface area contributed by atoms with Crippen LogP contribution in [0.1, 0.15) is 71.2 Å². The highest BCUT2D eigenvalue weighted by Gasteiger charge is 2.11. The van der Waals surface area contributed by atoms with Crippen LogP contribution in [0.5, 0.6) is 0 Å². The van der Waals surface area contributed by atoms with E-state index in [2.05, 4.69) is 71.3 Å². The second kappa shape index (κ2) is 64.9. The van der Waals surface area contributed by atoms with E-state index >= 15 is 0 Å². The zero-order chi connectivity index (χ0) is 53.7. The molecule has 0 spiro atoms. The molecule has 3 aromatic rings. The van der Waals surface area contributed by atoms with E-state index in [4.69, 9.17) is 49.9 Å². The lowest BCUT2D eigenvalue weighted by Crippen LogP contribution is -2.04. The van der Waals surface area contributed by atoms with Crippen molar-refractivity contribution in [3.8, 4) is 0 Å². The molecule has 0 aliphatic carbocycles. The van der Waals surface area contributed by atoms with Gasteiger partial charge in [0, 0.05) is 347 Å². The number of aliphatic hydroxyl groups excluding tert-OH is 2. The highest BCUT2D eigenvalue weighted by atomic mass is 33.5. The van der Waals surface area contributed by atoms with Crippen molar-refractivity contribution < 1.29 is 10.2 Å². The Hall–Kier alpha value is 6.96. The molecule has 3 nitrogen and oxygen atoms in total. The summed E-state index contributed by atoms with van der Waals surface area (Å²) in [4.78, 5) is 4.25. The molecule has 0 radical (unpaired) electrons. The van der Waals surface area contributed by atoms with Crippen molar-refractivity contribution in [2.75, 3.05) is 0 Å². The van der Waals surface area contributed by atoms with Crippen LogP contribution in [-0.4, -0.2) is 24.7 Å². The number of thiol groups is 1. The molecule has 73 heavy (non-hydrogen) atoms. The first-order valence-electron chi connectivity index (χ1n) is 17.5. The molecule has 422 valence electrons. The molecular weight excluding hydrogens is 1690 g/mol. The molecule has 0 unspecified atom stereocenters. The van der Waals surface area contributed by atoms with E-state index in [9.17, 15) is 5.11 Å². The average molecular weight is 1730 g/mol. The Labute approximate surface area is 562 Å². The molecule has 43 heteroatoms. The van der Waals surface area contributed by atoms with Crippen LogP contribution in [0.2, 0.25) is 0 Å². The number of nitrogens with zero attached hydrogens (tertiary/aromatic N) is 1. The van der Waals surface area contributed by atoms with E-state index in [1.165, 1.54) is 46.6 Å². The molecule has 3 rings (SSSR count). The number of rotatable bonds is 9. The summed E-state index contributed by atoms with van der Waals surface area (Å²) in [5.41, 5.74) is 4.46. The Morgan fingerprint density at radius 3 is 0.918 bits per heavy atom. The fourth-order valence-electron chi connectivity index (χ4n) is 2.83. The topological polar surface area (TPSA) is 53.4 Å². The number of benzene rings is 2. The summed E-state index contributed by atoms with van der Waals surface area (Å²) < 4.78 is 0.485. The summed E-state index contributed by atoms with van der Waals surface area (Å²) in [6.45, 7) is 13.0. The van der Waals surface area contributed by atoms with Crippen molar-refractivity contribution in [1.82, 2.24) is 4.98 Å². The van der Waals surface area contributed by atoms with Gasteiger partial charge in [0.05, 0.1) is 13.2 Å². The molecule has 0 saturated carbocycles. The second-order valence-electron chi connectivity index (χ2n) is 12.1. The lowest BCUT2D eigenvalue weighted by atomic mass is 10.1. The molecule has 2 aromatic carbocycles. The van der Waals surface area contributed by atoms with Crippen molar-refractivity contribution in [1.29, 1.82) is 0 Å². The summed E-state index contributed by atoms with van der Waals surface area (Å²) in [6, 6.07) is 21.9. The average Bonchev–Trinajstić information content (AvgIpc) is 3.36. The van der Waals surface area contributed by atoms with Gasteiger partial charge < -0.3 is 10.2 Å². The molecule has 1 aromatic heterocycles. The van der Waals surface area contributed by atoms with E-state index in [-0.39, 0.29) is 25.4 Å². The third kappa shape index (κ3) is 68.0. The fourth-order valence-corrected chi connectivity index (χ4v) is 81.4. The standard InChI is InChI=1S/C13H13NOS2.C12H18OS2.C4H10S.CH4.S18.S17/c15-9-11-5-1-2-6-12(11)10-16-17-13-7-3-4-8-14-13;1-12(2,3)15-14-9-11-7-5-4-6-10(11)8-13;1-4(2,3)5;;1-3-5-7-9-11-13-15-17-18-16-14-12-10-8-6-4-2;1-3-5-7-9-11-13-15-17-16-14-12-10-8-6-4-2/h1-8,15H,9-10H2;4-7,13H,8-9H2,1-3H3;5H,1-3H3;1H4;;. The van der Waals surface area contributed by atoms with Crippen molar-refractivity contribution in [2.24, 2.45) is 0 Å². The van der Waals surface area contributed by atoms with Gasteiger partial charge >= 0.3 is 0 Å². The van der Waals surface area contributed by atoms with Gasteiger partial charge in [0.1, 0.15) is 5.03 Å². The highest BCUT2D eigenvalue weighted by Crippen LogP contribution is 2.37. The van der Waals surface area contributed by atoms with Crippen molar-refractivity contribution in [3.63, 3.8) is 0 Å². The lowest BCUT2D eigenvalue weighted by molar-refractivity contribution is 0.280. The second-order valence-corrected chi connectivity index (χ2v) is 73.7. The number of aliphatic hydroxyl groups is 2. The van der Waals surface area contributed by atoms with Gasteiger partial charge in [0.25, 0.3) is 0 Å². The summed E-state index contributed by atoms with van der Waals surface area (Å²) in [5.74, 6) is 1.83. The summed E-state index contributed by atoms with van der Waals surface area (Å²) in [6.07, 6.45) is 1.80. The van der Waals surface area contributed by atoms with Gasteiger partial charge in [-0.25, -0.2) is 4.98 Å². The molecule has 0 bridgehead atoms. The fraction of sp³-hybridized carbons (Fsp3) is 0.433. The van der Waals surface area contributed by atoms with E-state index < -0.39 is 0 Å². The Balaban J connectivity index is -0.000000864. The van der Waals surface area contributed by atoms with Crippen LogP contribution < -0.4 is 0 Å². The molecule has 0 atom stereocenters. The molecular formula is C30H45NO2S40. The van der Waals surface area contributed by atoms with Crippen molar-refractivity contribution in [3.05, 3.63) is 95.2 Å². The summed E-state index contributed by atoms with van der Waals surface area (Å²) in [7, 11) is 59.7. The van der Waals surface area contributed by atoms with Gasteiger partial charge in [-0.15, -0.1) is 0 Å². The lowest BCUT2D eigenvalue weighted by Gasteiger charge is -2.16. The van der Waals surface area contributed by atoms with Crippen LogP contribution >= 0.6 is 55.8 Å². The van der Waals surface area contributed by atoms with Gasteiger partial charge in [-0.1, -0.05) is 136 Å². The van der Waals surface area contributed by atoms with Gasteiger partial charge in [0.15, 0.2) is 0 Å². The normalized spacial score (nSPS) is 9.16. The maximum atomic E-state index is 9.21. The molecule has 2 N–H and O–H groups in total. The maximum Gasteiger partial charge on any atom is 0.106 e. The molecule has 0 amide bonds. The van der Waals surface area contributed by atoms with Gasteiger partial charge in [-0.3, -0.25) is 0 Å². The summed E-state index contributed by atoms with van der Waals surface area (Å²) >= 11 is 23.1. The molecule has 0 aliphatic heterocycles. The molecule has 0 aliphatic rings. The Kier molecular flexibility index (Phi) is 74.9.